The van der Waals surface area contributed by atoms with Crippen LogP contribution < -0.4 is 0 Å². The first-order chi connectivity index (χ1) is 23.6. The van der Waals surface area contributed by atoms with Crippen LogP contribution in [-0.4, -0.2) is 14.1 Å². The standard InChI is InChI=1S/C40H18N8/c41-19-24-1-5-30-31-6-2-25(20-42)14-36(31)47(35(30)13-24)39-17-29(23-45)34(28-9-11-46-12-10-28)18-40(39)48-37-15-26(21-43)3-7-32(37)33-8-4-27(22-44)16-38(33)48/h1-18H. The van der Waals surface area contributed by atoms with E-state index in [-0.39, 0.29) is 0 Å². The van der Waals surface area contributed by atoms with Gasteiger partial charge in [-0.3, -0.25) is 4.98 Å². The first-order valence-electron chi connectivity index (χ1n) is 14.8. The number of aromatic nitrogens is 3. The molecule has 3 aromatic heterocycles. The van der Waals surface area contributed by atoms with Crippen LogP contribution in [0.2, 0.25) is 0 Å². The van der Waals surface area contributed by atoms with Crippen LogP contribution in [0.3, 0.4) is 0 Å². The summed E-state index contributed by atoms with van der Waals surface area (Å²) < 4.78 is 4.01. The minimum absolute atomic E-state index is 0.402. The van der Waals surface area contributed by atoms with Gasteiger partial charge in [0.25, 0.3) is 0 Å². The SMILES string of the molecule is N#Cc1ccc2c3ccc(C#N)cc3n(-c3cc(C#N)c(-c4ccncc4)cc3-n3c4cc(C#N)ccc4c4ccc(C#N)cc43)c2c1. The normalized spacial score (nSPS) is 10.8. The van der Waals surface area contributed by atoms with Crippen molar-refractivity contribution in [3.63, 3.8) is 0 Å². The van der Waals surface area contributed by atoms with Crippen LogP contribution in [0.1, 0.15) is 27.8 Å². The summed E-state index contributed by atoms with van der Waals surface area (Å²) >= 11 is 0. The summed E-state index contributed by atoms with van der Waals surface area (Å²) in [6.07, 6.45) is 3.34. The molecule has 0 aliphatic rings. The maximum Gasteiger partial charge on any atom is 0.0998 e. The number of benzene rings is 5. The lowest BCUT2D eigenvalue weighted by atomic mass is 9.98. The predicted octanol–water partition coefficient (Wildman–Crippen LogP) is 8.30. The third-order valence-corrected chi connectivity index (χ3v) is 8.76. The van der Waals surface area contributed by atoms with Crippen LogP contribution in [0.15, 0.2) is 109 Å². The molecule has 0 bridgehead atoms. The summed E-state index contributed by atoms with van der Waals surface area (Å²) in [6.45, 7) is 0. The summed E-state index contributed by atoms with van der Waals surface area (Å²) in [5, 5.41) is 53.7. The average Bonchev–Trinajstić information content (AvgIpc) is 3.64. The smallest absolute Gasteiger partial charge is 0.0998 e. The molecule has 8 nitrogen and oxygen atoms in total. The van der Waals surface area contributed by atoms with Gasteiger partial charge in [-0.15, -0.1) is 0 Å². The molecular formula is C40H18N8. The van der Waals surface area contributed by atoms with Crippen LogP contribution in [-0.2, 0) is 0 Å². The van der Waals surface area contributed by atoms with E-state index in [0.29, 0.717) is 44.8 Å². The Hall–Kier alpha value is -7.70. The van der Waals surface area contributed by atoms with E-state index in [4.69, 9.17) is 0 Å². The lowest BCUT2D eigenvalue weighted by Gasteiger charge is -2.19. The molecule has 0 atom stereocenters. The van der Waals surface area contributed by atoms with Gasteiger partial charge >= 0.3 is 0 Å². The highest BCUT2D eigenvalue weighted by molar-refractivity contribution is 6.12. The molecule has 5 aromatic carbocycles. The highest BCUT2D eigenvalue weighted by Gasteiger charge is 2.23. The topological polar surface area (TPSA) is 142 Å². The van der Waals surface area contributed by atoms with E-state index >= 15 is 0 Å². The number of pyridine rings is 1. The first kappa shape index (κ1) is 27.8. The van der Waals surface area contributed by atoms with Gasteiger partial charge in [0, 0.05) is 39.5 Å². The Kier molecular flexibility index (Phi) is 6.22. The molecule has 0 unspecified atom stereocenters. The zero-order chi connectivity index (χ0) is 32.9. The molecule has 218 valence electrons. The second-order valence-electron chi connectivity index (χ2n) is 11.3. The van der Waals surface area contributed by atoms with Crippen LogP contribution >= 0.6 is 0 Å². The van der Waals surface area contributed by atoms with Crippen molar-refractivity contribution in [2.24, 2.45) is 0 Å². The van der Waals surface area contributed by atoms with E-state index in [9.17, 15) is 26.3 Å². The fraction of sp³-hybridized carbons (Fsp3) is 0. The Bertz CT molecular complexity index is 2750. The molecule has 0 saturated heterocycles. The molecule has 8 aromatic rings. The summed E-state index contributed by atoms with van der Waals surface area (Å²) in [5.41, 5.74) is 7.87. The quantitative estimate of drug-likeness (QED) is 0.197. The second-order valence-corrected chi connectivity index (χ2v) is 11.3. The van der Waals surface area contributed by atoms with Crippen molar-refractivity contribution in [2.75, 3.05) is 0 Å². The van der Waals surface area contributed by atoms with Gasteiger partial charge in [-0.1, -0.05) is 24.3 Å². The van der Waals surface area contributed by atoms with Gasteiger partial charge in [0.2, 0.25) is 0 Å². The molecule has 0 amide bonds. The monoisotopic (exact) mass is 610 g/mol. The second kappa shape index (κ2) is 10.7. The number of fused-ring (bicyclic) bond motifs is 6. The number of hydrogen-bond donors (Lipinski definition) is 0. The first-order valence-corrected chi connectivity index (χ1v) is 14.8. The molecule has 0 aliphatic carbocycles. The largest absolute Gasteiger partial charge is 0.307 e. The summed E-state index contributed by atoms with van der Waals surface area (Å²) in [6, 6.07) is 40.8. The Balaban J connectivity index is 1.63. The molecule has 0 fully saturated rings. The lowest BCUT2D eigenvalue weighted by molar-refractivity contribution is 1.09. The van der Waals surface area contributed by atoms with Gasteiger partial charge < -0.3 is 9.13 Å². The van der Waals surface area contributed by atoms with Crippen molar-refractivity contribution in [1.29, 1.82) is 26.3 Å². The maximum absolute atomic E-state index is 10.6. The zero-order valence-electron chi connectivity index (χ0n) is 25.0. The lowest BCUT2D eigenvalue weighted by Crippen LogP contribution is -2.06. The van der Waals surface area contributed by atoms with Gasteiger partial charge in [0.05, 0.1) is 91.6 Å². The predicted molar refractivity (Wildman–Crippen MR) is 182 cm³/mol. The Morgan fingerprint density at radius 3 is 1.15 bits per heavy atom. The fourth-order valence-corrected chi connectivity index (χ4v) is 6.63. The van der Waals surface area contributed by atoms with Crippen LogP contribution in [0.4, 0.5) is 0 Å². The molecule has 8 rings (SSSR count). The highest BCUT2D eigenvalue weighted by atomic mass is 15.1. The summed E-state index contributed by atoms with van der Waals surface area (Å²) in [7, 11) is 0. The summed E-state index contributed by atoms with van der Waals surface area (Å²) in [5.74, 6) is 0. The third-order valence-electron chi connectivity index (χ3n) is 8.76. The van der Waals surface area contributed by atoms with E-state index in [0.717, 1.165) is 49.2 Å². The van der Waals surface area contributed by atoms with Crippen molar-refractivity contribution < 1.29 is 0 Å². The number of rotatable bonds is 3. The van der Waals surface area contributed by atoms with E-state index in [2.05, 4.69) is 35.3 Å². The molecule has 48 heavy (non-hydrogen) atoms. The van der Waals surface area contributed by atoms with E-state index in [1.165, 1.54) is 0 Å². The van der Waals surface area contributed by atoms with Gasteiger partial charge in [-0.05, 0) is 78.4 Å². The van der Waals surface area contributed by atoms with Crippen molar-refractivity contribution in [2.45, 2.75) is 0 Å². The van der Waals surface area contributed by atoms with Crippen molar-refractivity contribution in [3.05, 3.63) is 137 Å². The molecule has 8 heteroatoms. The maximum atomic E-state index is 10.6. The zero-order valence-corrected chi connectivity index (χ0v) is 25.0. The number of nitriles is 5. The van der Waals surface area contributed by atoms with Gasteiger partial charge in [0.1, 0.15) is 0 Å². The fourth-order valence-electron chi connectivity index (χ4n) is 6.63. The van der Waals surface area contributed by atoms with Gasteiger partial charge in [-0.2, -0.15) is 26.3 Å². The summed E-state index contributed by atoms with van der Waals surface area (Å²) in [4.78, 5) is 4.17. The molecule has 3 heterocycles. The molecule has 0 radical (unpaired) electrons. The Morgan fingerprint density at radius 2 is 0.792 bits per heavy atom. The minimum Gasteiger partial charge on any atom is -0.307 e. The third kappa shape index (κ3) is 4.08. The average molecular weight is 611 g/mol. The molecule has 0 aliphatic heterocycles. The van der Waals surface area contributed by atoms with Crippen LogP contribution in [0.25, 0.3) is 66.1 Å². The van der Waals surface area contributed by atoms with E-state index < -0.39 is 0 Å². The molecular weight excluding hydrogens is 592 g/mol. The van der Waals surface area contributed by atoms with Crippen molar-refractivity contribution in [3.8, 4) is 52.8 Å². The Labute approximate surface area is 273 Å². The highest BCUT2D eigenvalue weighted by Crippen LogP contribution is 2.41. The van der Waals surface area contributed by atoms with E-state index in [1.54, 1.807) is 48.8 Å². The minimum atomic E-state index is 0.402. The van der Waals surface area contributed by atoms with Gasteiger partial charge in [-0.25, -0.2) is 0 Å². The molecule has 0 spiro atoms. The van der Waals surface area contributed by atoms with Crippen LogP contribution in [0, 0.1) is 56.7 Å². The van der Waals surface area contributed by atoms with Crippen molar-refractivity contribution in [1.82, 2.24) is 14.1 Å². The van der Waals surface area contributed by atoms with Crippen LogP contribution in [0.5, 0.6) is 0 Å². The van der Waals surface area contributed by atoms with E-state index in [1.807, 2.05) is 69.8 Å². The number of hydrogen-bond acceptors (Lipinski definition) is 6. The molecule has 0 saturated carbocycles. The molecule has 0 N–H and O–H groups in total. The number of nitrogens with zero attached hydrogens (tertiary/aromatic N) is 8. The van der Waals surface area contributed by atoms with Crippen molar-refractivity contribution >= 4 is 43.6 Å². The Morgan fingerprint density at radius 1 is 0.417 bits per heavy atom. The van der Waals surface area contributed by atoms with Gasteiger partial charge in [0.15, 0.2) is 0 Å².